The molecule has 0 unspecified atom stereocenters. The van der Waals surface area contributed by atoms with Crippen molar-refractivity contribution < 1.29 is 35.8 Å². The van der Waals surface area contributed by atoms with Crippen LogP contribution >= 0.6 is 11.6 Å². The van der Waals surface area contributed by atoms with Gasteiger partial charge in [-0.05, 0) is 33.8 Å². The first-order valence-electron chi connectivity index (χ1n) is 8.57. The highest BCUT2D eigenvalue weighted by Crippen LogP contribution is 2.43. The largest absolute Gasteiger partial charge is 0.489 e. The number of benzene rings is 1. The first-order chi connectivity index (χ1) is 13.6. The van der Waals surface area contributed by atoms with Crippen LogP contribution in [0.3, 0.4) is 0 Å². The van der Waals surface area contributed by atoms with E-state index in [-0.39, 0.29) is 16.8 Å². The number of halogens is 7. The van der Waals surface area contributed by atoms with Gasteiger partial charge in [0.15, 0.2) is 0 Å². The Hall–Kier alpha value is -2.43. The van der Waals surface area contributed by atoms with Gasteiger partial charge in [0.2, 0.25) is 0 Å². The molecular formula is C18H17ClF6N2O3. The van der Waals surface area contributed by atoms with E-state index in [1.807, 2.05) is 0 Å². The molecule has 0 aliphatic rings. The highest BCUT2D eigenvalue weighted by Gasteiger charge is 2.60. The van der Waals surface area contributed by atoms with Crippen LogP contribution in [0.4, 0.5) is 26.3 Å². The topological polar surface area (TPSA) is 53.4 Å². The van der Waals surface area contributed by atoms with Crippen molar-refractivity contribution in [2.75, 3.05) is 0 Å². The van der Waals surface area contributed by atoms with Crippen molar-refractivity contribution >= 4 is 11.6 Å². The Morgan fingerprint density at radius 2 is 1.57 bits per heavy atom. The van der Waals surface area contributed by atoms with Gasteiger partial charge < -0.3 is 9.47 Å². The molecule has 2 rings (SSSR count). The van der Waals surface area contributed by atoms with Crippen molar-refractivity contribution in [3.8, 4) is 17.4 Å². The van der Waals surface area contributed by atoms with E-state index in [0.717, 1.165) is 12.1 Å². The summed E-state index contributed by atoms with van der Waals surface area (Å²) in [5.74, 6) is -6.55. The van der Waals surface area contributed by atoms with Gasteiger partial charge in [0, 0.05) is 12.1 Å². The number of hydrogen-bond acceptors (Lipinski definition) is 4. The molecule has 0 spiro atoms. The molecule has 1 aromatic carbocycles. The molecule has 0 aliphatic heterocycles. The third-order valence-electron chi connectivity index (χ3n) is 3.51. The Morgan fingerprint density at radius 3 is 2.07 bits per heavy atom. The molecule has 30 heavy (non-hydrogen) atoms. The molecule has 0 atom stereocenters. The van der Waals surface area contributed by atoms with Crippen LogP contribution in [-0.4, -0.2) is 27.9 Å². The van der Waals surface area contributed by atoms with Gasteiger partial charge in [-0.25, -0.2) is 8.96 Å². The second kappa shape index (κ2) is 8.37. The van der Waals surface area contributed by atoms with E-state index < -0.39 is 53.1 Å². The summed E-state index contributed by atoms with van der Waals surface area (Å²) in [5, 5.41) is -0.141. The Kier molecular flexibility index (Phi) is 6.65. The molecule has 1 aromatic heterocycles. The van der Waals surface area contributed by atoms with E-state index in [9.17, 15) is 31.1 Å². The number of rotatable bonds is 6. The molecule has 12 heteroatoms. The van der Waals surface area contributed by atoms with Crippen LogP contribution < -0.4 is 15.0 Å². The fourth-order valence-electron chi connectivity index (χ4n) is 2.31. The van der Waals surface area contributed by atoms with E-state index in [1.165, 1.54) is 13.8 Å². The molecule has 0 fully saturated rings. The van der Waals surface area contributed by atoms with E-state index in [4.69, 9.17) is 21.1 Å². The third-order valence-corrected chi connectivity index (χ3v) is 3.81. The van der Waals surface area contributed by atoms with Crippen LogP contribution in [0, 0.1) is 5.82 Å². The minimum atomic E-state index is -6.00. The quantitative estimate of drug-likeness (QED) is 0.555. The summed E-state index contributed by atoms with van der Waals surface area (Å²) in [6.07, 6.45) is -7.19. The summed E-state index contributed by atoms with van der Waals surface area (Å²) in [4.78, 5) is 15.7. The number of alkyl halides is 5. The zero-order valence-corrected chi connectivity index (χ0v) is 16.9. The van der Waals surface area contributed by atoms with Gasteiger partial charge in [-0.1, -0.05) is 11.6 Å². The smallest absolute Gasteiger partial charge is 0.459 e. The molecule has 166 valence electrons. The lowest BCUT2D eigenvalue weighted by atomic mass is 10.2. The maximum absolute atomic E-state index is 14.6. The summed E-state index contributed by atoms with van der Waals surface area (Å²) in [7, 11) is 0. The lowest BCUT2D eigenvalue weighted by Crippen LogP contribution is -2.37. The summed E-state index contributed by atoms with van der Waals surface area (Å²) in [5.41, 5.74) is -3.85. The molecule has 5 nitrogen and oxygen atoms in total. The highest BCUT2D eigenvalue weighted by molar-refractivity contribution is 6.32. The number of nitrogens with zero attached hydrogens (tertiary/aromatic N) is 2. The normalized spacial score (nSPS) is 12.6. The molecule has 0 amide bonds. The molecular weight excluding hydrogens is 442 g/mol. The van der Waals surface area contributed by atoms with E-state index in [1.54, 1.807) is 13.8 Å². The van der Waals surface area contributed by atoms with Crippen molar-refractivity contribution in [2.24, 2.45) is 0 Å². The van der Waals surface area contributed by atoms with Crippen molar-refractivity contribution in [3.63, 3.8) is 0 Å². The van der Waals surface area contributed by atoms with Crippen LogP contribution in [-0.2, 0) is 5.92 Å². The molecule has 0 aliphatic carbocycles. The first kappa shape index (κ1) is 23.8. The van der Waals surface area contributed by atoms with Gasteiger partial charge in [-0.2, -0.15) is 26.9 Å². The van der Waals surface area contributed by atoms with Crippen LogP contribution in [0.15, 0.2) is 23.0 Å². The molecule has 0 bridgehead atoms. The number of aromatic nitrogens is 2. The summed E-state index contributed by atoms with van der Waals surface area (Å²) >= 11 is 5.91. The van der Waals surface area contributed by atoms with Crippen molar-refractivity contribution in [1.82, 2.24) is 9.55 Å². The average Bonchev–Trinajstić information content (AvgIpc) is 2.56. The zero-order valence-electron chi connectivity index (χ0n) is 16.2. The fraction of sp³-hybridized carbons (Fsp3) is 0.444. The SMILES string of the molecule is CC(C)Oc1cc(-n2c(OC(C)C)nc(C(F)(F)C(F)(F)F)cc2=O)c(F)cc1Cl. The summed E-state index contributed by atoms with van der Waals surface area (Å²) in [6, 6.07) is 0.819. The molecule has 0 N–H and O–H groups in total. The lowest BCUT2D eigenvalue weighted by Gasteiger charge is -2.22. The van der Waals surface area contributed by atoms with Gasteiger partial charge in [-0.15, -0.1) is 0 Å². The van der Waals surface area contributed by atoms with Gasteiger partial charge in [0.1, 0.15) is 17.3 Å². The summed E-state index contributed by atoms with van der Waals surface area (Å²) < 4.78 is 91.2. The van der Waals surface area contributed by atoms with Crippen LogP contribution in [0.2, 0.25) is 5.02 Å². The minimum Gasteiger partial charge on any atom is -0.489 e. The maximum Gasteiger partial charge on any atom is 0.459 e. The zero-order chi connectivity index (χ0) is 23.0. The monoisotopic (exact) mass is 458 g/mol. The molecule has 0 radical (unpaired) electrons. The van der Waals surface area contributed by atoms with Crippen LogP contribution in [0.25, 0.3) is 5.69 Å². The maximum atomic E-state index is 14.6. The fourth-order valence-corrected chi connectivity index (χ4v) is 2.51. The molecule has 2 aromatic rings. The second-order valence-electron chi connectivity index (χ2n) is 6.74. The molecule has 0 saturated carbocycles. The Bertz CT molecular complexity index is 989. The van der Waals surface area contributed by atoms with Crippen LogP contribution in [0.5, 0.6) is 11.8 Å². The lowest BCUT2D eigenvalue weighted by molar-refractivity contribution is -0.291. The van der Waals surface area contributed by atoms with Crippen molar-refractivity contribution in [1.29, 1.82) is 0 Å². The Morgan fingerprint density at radius 1 is 1.00 bits per heavy atom. The number of hydrogen-bond donors (Lipinski definition) is 0. The second-order valence-corrected chi connectivity index (χ2v) is 7.14. The first-order valence-corrected chi connectivity index (χ1v) is 8.94. The molecule has 0 saturated heterocycles. The van der Waals surface area contributed by atoms with Crippen molar-refractivity contribution in [2.45, 2.75) is 52.0 Å². The van der Waals surface area contributed by atoms with Gasteiger partial charge >= 0.3 is 18.1 Å². The Balaban J connectivity index is 2.79. The molecule has 1 heterocycles. The van der Waals surface area contributed by atoms with Gasteiger partial charge in [0.25, 0.3) is 5.56 Å². The van der Waals surface area contributed by atoms with E-state index in [0.29, 0.717) is 4.57 Å². The predicted molar refractivity (Wildman–Crippen MR) is 96.3 cm³/mol. The highest BCUT2D eigenvalue weighted by atomic mass is 35.5. The summed E-state index contributed by atoms with van der Waals surface area (Å²) in [6.45, 7) is 6.12. The predicted octanol–water partition coefficient (Wildman–Crippen LogP) is 5.25. The third kappa shape index (κ3) is 4.82. The van der Waals surface area contributed by atoms with E-state index in [2.05, 4.69) is 4.98 Å². The van der Waals surface area contributed by atoms with Gasteiger partial charge in [-0.3, -0.25) is 4.79 Å². The van der Waals surface area contributed by atoms with Crippen molar-refractivity contribution in [3.05, 3.63) is 45.1 Å². The van der Waals surface area contributed by atoms with E-state index >= 15 is 0 Å². The number of ether oxygens (including phenoxy) is 2. The standard InChI is InChI=1S/C18H17ClF6N2O3/c1-8(2)29-13-6-12(11(20)5-10(13)19)27-15(28)7-14(17(21,22)18(23,24)25)26-16(27)30-9(3)4/h5-9H,1-4H3. The van der Waals surface area contributed by atoms with Crippen LogP contribution in [0.1, 0.15) is 33.4 Å². The minimum absolute atomic E-state index is 0.0301. The Labute approximate surface area is 172 Å². The van der Waals surface area contributed by atoms with Gasteiger partial charge in [0.05, 0.1) is 22.9 Å². The average molecular weight is 459 g/mol.